The fourth-order valence-electron chi connectivity index (χ4n) is 0. The van der Waals surface area contributed by atoms with E-state index in [1.54, 1.807) is 0 Å². The van der Waals surface area contributed by atoms with Gasteiger partial charge in [0.1, 0.15) is 0 Å². The van der Waals surface area contributed by atoms with Crippen LogP contribution in [0.5, 0.6) is 0 Å². The molecule has 0 heterocycles. The predicted octanol–water partition coefficient (Wildman–Crippen LogP) is 1.21. The van der Waals surface area contributed by atoms with Crippen molar-refractivity contribution >= 4 is 11.7 Å². The highest BCUT2D eigenvalue weighted by Crippen LogP contribution is 1.99. The summed E-state index contributed by atoms with van der Waals surface area (Å²) < 4.78 is 9.77. The number of rotatable bonds is 0. The molecule has 36 valence electrons. The summed E-state index contributed by atoms with van der Waals surface area (Å²) in [6.07, 6.45) is 0. The summed E-state index contributed by atoms with van der Waals surface area (Å²) >= 11 is 0.632. The Kier molecular flexibility index (Phi) is 1.65. The molecule has 0 aliphatic rings. The van der Waals surface area contributed by atoms with Gasteiger partial charge in [0.05, 0.1) is 0 Å². The summed E-state index contributed by atoms with van der Waals surface area (Å²) in [5.41, 5.74) is 0. The number of hydrogen-bond donors (Lipinski definition) is 0. The molecule has 0 unspecified atom stereocenters. The van der Waals surface area contributed by atoms with Crippen LogP contribution >= 0.6 is 0 Å². The molecule has 0 aromatic heterocycles. The Balaban J connectivity index is 3.45. The van der Waals surface area contributed by atoms with Crippen molar-refractivity contribution in [1.29, 1.82) is 0 Å². The van der Waals surface area contributed by atoms with Crippen LogP contribution in [-0.4, -0.2) is 4.75 Å². The third-order valence-electron chi connectivity index (χ3n) is 0.250. The van der Waals surface area contributed by atoms with Gasteiger partial charge in [-0.05, 0) is 20.8 Å². The van der Waals surface area contributed by atoms with Gasteiger partial charge < -0.3 is 0 Å². The van der Waals surface area contributed by atoms with E-state index in [1.807, 2.05) is 20.8 Å². The maximum Gasteiger partial charge on any atom is 0.464 e. The largest absolute Gasteiger partial charge is 0.464 e. The van der Waals surface area contributed by atoms with Crippen molar-refractivity contribution in [3.05, 3.63) is 0 Å². The Morgan fingerprint density at radius 3 is 1.50 bits per heavy atom. The van der Waals surface area contributed by atoms with Gasteiger partial charge in [0.2, 0.25) is 4.75 Å². The molecular weight excluding hydrogens is 96.1 g/mol. The molecule has 0 aliphatic carbocycles. The average molecular weight is 105 g/mol. The zero-order valence-electron chi connectivity index (χ0n) is 4.32. The van der Waals surface area contributed by atoms with Crippen LogP contribution in [0.2, 0.25) is 0 Å². The van der Waals surface area contributed by atoms with Crippen molar-refractivity contribution in [3.8, 4) is 0 Å². The summed E-state index contributed by atoms with van der Waals surface area (Å²) in [6.45, 7) is 5.68. The highest BCUT2D eigenvalue weighted by Gasteiger charge is 2.23. The minimum atomic E-state index is -0.0972. The average Bonchev–Trinajstić information content (AvgIpc) is 1.35. The second-order valence-corrected chi connectivity index (χ2v) is 3.59. The van der Waals surface area contributed by atoms with E-state index in [9.17, 15) is 4.21 Å². The molecule has 0 amide bonds. The zero-order valence-corrected chi connectivity index (χ0v) is 5.13. The summed E-state index contributed by atoms with van der Waals surface area (Å²) in [5.74, 6) is 0. The molecule has 0 aromatic rings. The van der Waals surface area contributed by atoms with E-state index in [2.05, 4.69) is 0 Å². The van der Waals surface area contributed by atoms with E-state index < -0.39 is 0 Å². The second-order valence-electron chi connectivity index (χ2n) is 2.20. The van der Waals surface area contributed by atoms with Crippen LogP contribution in [0.1, 0.15) is 20.8 Å². The van der Waals surface area contributed by atoms with Crippen molar-refractivity contribution in [2.24, 2.45) is 0 Å². The van der Waals surface area contributed by atoms with Crippen molar-refractivity contribution in [2.75, 3.05) is 0 Å². The summed E-state index contributed by atoms with van der Waals surface area (Å²) in [4.78, 5) is 0. The first-order valence-electron chi connectivity index (χ1n) is 1.87. The third-order valence-corrected chi connectivity index (χ3v) is 0.750. The quantitative estimate of drug-likeness (QED) is 0.423. The lowest BCUT2D eigenvalue weighted by Crippen LogP contribution is -2.09. The molecule has 0 aromatic carbocycles. The Hall–Kier alpha value is 0.0200. The van der Waals surface area contributed by atoms with E-state index in [0.29, 0.717) is 11.7 Å². The van der Waals surface area contributed by atoms with Crippen molar-refractivity contribution in [1.82, 2.24) is 0 Å². The van der Waals surface area contributed by atoms with Gasteiger partial charge in [-0.1, -0.05) is 0 Å². The molecule has 1 nitrogen and oxygen atoms in total. The molecule has 0 fully saturated rings. The maximum atomic E-state index is 9.87. The van der Waals surface area contributed by atoms with Gasteiger partial charge in [0.15, 0.2) is 0 Å². The zero-order chi connectivity index (χ0) is 5.21. The fourth-order valence-corrected chi connectivity index (χ4v) is 0. The first-order chi connectivity index (χ1) is 2.56. The lowest BCUT2D eigenvalue weighted by atomic mass is 10.3. The SMILES string of the molecule is CC(C)(C)[S+]=O. The minimum absolute atomic E-state index is 0.0972. The molecule has 0 aliphatic heterocycles. The van der Waals surface area contributed by atoms with Gasteiger partial charge in [0, 0.05) is 4.21 Å². The van der Waals surface area contributed by atoms with Crippen LogP contribution in [0.3, 0.4) is 0 Å². The normalized spacial score (nSPS) is 11.2. The Morgan fingerprint density at radius 2 is 1.50 bits per heavy atom. The van der Waals surface area contributed by atoms with Crippen LogP contribution in [-0.2, 0) is 15.9 Å². The van der Waals surface area contributed by atoms with Crippen LogP contribution in [0.25, 0.3) is 0 Å². The molecule has 2 heteroatoms. The number of hydrogen-bond acceptors (Lipinski definition) is 1. The van der Waals surface area contributed by atoms with Gasteiger partial charge in [-0.3, -0.25) is 0 Å². The lowest BCUT2D eigenvalue weighted by molar-refractivity contribution is 0.587. The molecule has 0 saturated heterocycles. The third kappa shape index (κ3) is 4.02. The van der Waals surface area contributed by atoms with E-state index in [0.717, 1.165) is 0 Å². The maximum absolute atomic E-state index is 9.87. The van der Waals surface area contributed by atoms with Gasteiger partial charge in [-0.25, -0.2) is 0 Å². The highest BCUT2D eigenvalue weighted by molar-refractivity contribution is 7.67. The fraction of sp³-hybridized carbons (Fsp3) is 1.00. The minimum Gasteiger partial charge on any atom is -0.000543 e. The van der Waals surface area contributed by atoms with Crippen LogP contribution in [0, 0.1) is 0 Å². The molecular formula is C4H9OS+. The van der Waals surface area contributed by atoms with Crippen LogP contribution in [0.15, 0.2) is 0 Å². The summed E-state index contributed by atoms with van der Waals surface area (Å²) in [5, 5.41) is 0. The highest BCUT2D eigenvalue weighted by atomic mass is 32.1. The molecule has 0 bridgehead atoms. The predicted molar refractivity (Wildman–Crippen MR) is 27.8 cm³/mol. The van der Waals surface area contributed by atoms with E-state index in [-0.39, 0.29) is 4.75 Å². The van der Waals surface area contributed by atoms with Gasteiger partial charge in [-0.2, -0.15) is 0 Å². The standard InChI is InChI=1S/C4H9OS/c1-4(2,3)6-5/h1-3H3/q+1. The topological polar surface area (TPSA) is 17.1 Å². The molecule has 6 heavy (non-hydrogen) atoms. The molecule has 0 radical (unpaired) electrons. The van der Waals surface area contributed by atoms with Crippen molar-refractivity contribution < 1.29 is 4.21 Å². The van der Waals surface area contributed by atoms with E-state index in [1.165, 1.54) is 0 Å². The Labute approximate surface area is 42.2 Å². The van der Waals surface area contributed by atoms with Gasteiger partial charge in [-0.15, -0.1) is 0 Å². The van der Waals surface area contributed by atoms with E-state index >= 15 is 0 Å². The lowest BCUT2D eigenvalue weighted by Gasteiger charge is -1.86. The monoisotopic (exact) mass is 105 g/mol. The smallest absolute Gasteiger partial charge is 0.000543 e. The molecule has 0 rings (SSSR count). The molecule has 0 spiro atoms. The Bertz CT molecular complexity index is 53.1. The summed E-state index contributed by atoms with van der Waals surface area (Å²) in [6, 6.07) is 0. The molecule has 0 N–H and O–H groups in total. The van der Waals surface area contributed by atoms with Crippen molar-refractivity contribution in [3.63, 3.8) is 0 Å². The second kappa shape index (κ2) is 1.65. The van der Waals surface area contributed by atoms with Gasteiger partial charge in [0.25, 0.3) is 0 Å². The van der Waals surface area contributed by atoms with Gasteiger partial charge >= 0.3 is 11.7 Å². The Morgan fingerprint density at radius 1 is 1.33 bits per heavy atom. The molecule has 0 saturated carbocycles. The van der Waals surface area contributed by atoms with Crippen LogP contribution in [0.4, 0.5) is 0 Å². The first-order valence-corrected chi connectivity index (χ1v) is 2.61. The molecule has 0 atom stereocenters. The summed E-state index contributed by atoms with van der Waals surface area (Å²) in [7, 11) is 0. The van der Waals surface area contributed by atoms with Crippen LogP contribution < -0.4 is 0 Å². The van der Waals surface area contributed by atoms with E-state index in [4.69, 9.17) is 0 Å². The first kappa shape index (κ1) is 6.02. The van der Waals surface area contributed by atoms with Crippen molar-refractivity contribution in [2.45, 2.75) is 25.5 Å².